The third-order valence-corrected chi connectivity index (χ3v) is 1.33. The van der Waals surface area contributed by atoms with Crippen LogP contribution < -0.4 is 0 Å². The predicted octanol–water partition coefficient (Wildman–Crippen LogP) is 1.18. The molecule has 10 heavy (non-hydrogen) atoms. The van der Waals surface area contributed by atoms with Gasteiger partial charge in [0.15, 0.2) is 0 Å². The molecule has 0 aliphatic carbocycles. The Kier molecular flexibility index (Phi) is 2.19. The first kappa shape index (κ1) is 7.43. The molecule has 1 heterocycles. The van der Waals surface area contributed by atoms with Crippen molar-refractivity contribution in [3.05, 3.63) is 30.6 Å². The van der Waals surface area contributed by atoms with E-state index in [0.29, 0.717) is 0 Å². The summed E-state index contributed by atoms with van der Waals surface area (Å²) in [5.74, 6) is 0. The number of rotatable bonds is 0. The molecule has 2 rings (SSSR count). The molecule has 44 valence electrons. The fourth-order valence-electron chi connectivity index (χ4n) is 0.880. The number of fused-ring (bicyclic) bond motifs is 1. The zero-order chi connectivity index (χ0) is 6.10. The van der Waals surface area contributed by atoms with E-state index in [9.17, 15) is 0 Å². The minimum Gasteiger partial charge on any atom is -0.345 e. The van der Waals surface area contributed by atoms with Crippen molar-refractivity contribution < 1.29 is 0 Å². The summed E-state index contributed by atoms with van der Waals surface area (Å²) >= 11 is 0. The van der Waals surface area contributed by atoms with E-state index in [2.05, 4.69) is 9.97 Å². The van der Waals surface area contributed by atoms with Gasteiger partial charge in [0.2, 0.25) is 0 Å². The zero-order valence-electron chi connectivity index (χ0n) is 5.41. The maximum absolute atomic E-state index is 4.06. The Hall–Kier alpha value is -0.674. The normalized spacial score (nSPS) is 9.20. The summed E-state index contributed by atoms with van der Waals surface area (Å²) in [6.07, 6.45) is 1.70. The van der Waals surface area contributed by atoms with Crippen molar-refractivity contribution in [1.29, 1.82) is 0 Å². The minimum absolute atomic E-state index is 0. The number of imidazole rings is 1. The molecule has 0 saturated heterocycles. The number of nitrogens with zero attached hydrogens (tertiary/aromatic N) is 1. The molecule has 0 radical (unpaired) electrons. The Morgan fingerprint density at radius 1 is 1.20 bits per heavy atom. The van der Waals surface area contributed by atoms with Gasteiger partial charge < -0.3 is 4.98 Å². The maximum Gasteiger partial charge on any atom is 3.00 e. The van der Waals surface area contributed by atoms with Gasteiger partial charge >= 0.3 is 19.8 Å². The molecule has 0 atom stereocenters. The average molecular weight is 188 g/mol. The Morgan fingerprint density at radius 2 is 2.00 bits per heavy atom. The van der Waals surface area contributed by atoms with Crippen LogP contribution in [0.3, 0.4) is 0 Å². The van der Waals surface area contributed by atoms with Gasteiger partial charge in [-0.05, 0) is 12.1 Å². The van der Waals surface area contributed by atoms with Gasteiger partial charge in [-0.3, -0.25) is 0 Å². The topological polar surface area (TPSA) is 28.7 Å². The van der Waals surface area contributed by atoms with Crippen LogP contribution in [0.15, 0.2) is 30.6 Å². The van der Waals surface area contributed by atoms with E-state index in [1.54, 1.807) is 6.33 Å². The van der Waals surface area contributed by atoms with Crippen LogP contribution in [-0.4, -0.2) is 29.8 Å². The maximum atomic E-state index is 4.06. The van der Waals surface area contributed by atoms with E-state index in [0.717, 1.165) is 11.0 Å². The van der Waals surface area contributed by atoms with Gasteiger partial charge in [-0.1, -0.05) is 12.1 Å². The molecule has 0 spiro atoms. The Labute approximate surface area is 71.7 Å². The number of benzene rings is 1. The first-order chi connectivity index (χ1) is 4.47. The standard InChI is InChI=1S/C7H6N2.Ga/c1-2-4-7-6(3-1)8-5-9-7;/h1-5H,(H,8,9);/q;+3. The van der Waals surface area contributed by atoms with E-state index in [1.165, 1.54) is 0 Å². The molecule has 3 heteroatoms. The van der Waals surface area contributed by atoms with Crippen LogP contribution in [-0.2, 0) is 0 Å². The van der Waals surface area contributed by atoms with Crippen molar-refractivity contribution in [2.45, 2.75) is 0 Å². The van der Waals surface area contributed by atoms with Gasteiger partial charge in [-0.15, -0.1) is 0 Å². The van der Waals surface area contributed by atoms with Crippen LogP contribution in [0.2, 0.25) is 0 Å². The molecule has 0 amide bonds. The Balaban J connectivity index is 0.000000500. The number of nitrogens with one attached hydrogen (secondary N) is 1. The average Bonchev–Trinajstić information content (AvgIpc) is 2.33. The molecular formula is C7H6GaN2+3. The first-order valence-electron chi connectivity index (χ1n) is 2.85. The number of aromatic amines is 1. The van der Waals surface area contributed by atoms with E-state index < -0.39 is 0 Å². The van der Waals surface area contributed by atoms with Gasteiger partial charge in [0.05, 0.1) is 17.4 Å². The first-order valence-corrected chi connectivity index (χ1v) is 2.85. The Morgan fingerprint density at radius 3 is 2.80 bits per heavy atom. The van der Waals surface area contributed by atoms with Crippen molar-refractivity contribution >= 4 is 30.8 Å². The van der Waals surface area contributed by atoms with Crippen molar-refractivity contribution in [2.75, 3.05) is 0 Å². The number of hydrogen-bond acceptors (Lipinski definition) is 1. The summed E-state index contributed by atoms with van der Waals surface area (Å²) in [5, 5.41) is 0. The summed E-state index contributed by atoms with van der Waals surface area (Å²) in [6.45, 7) is 0. The van der Waals surface area contributed by atoms with Gasteiger partial charge in [0, 0.05) is 0 Å². The SMILES string of the molecule is [Ga+3].c1ccc2[nH]cnc2c1. The molecule has 0 saturated carbocycles. The number of para-hydroxylation sites is 2. The molecule has 1 N–H and O–H groups in total. The predicted molar refractivity (Wildman–Crippen MR) is 41.8 cm³/mol. The second-order valence-electron chi connectivity index (χ2n) is 1.92. The molecular weight excluding hydrogens is 182 g/mol. The van der Waals surface area contributed by atoms with Crippen LogP contribution in [0.25, 0.3) is 11.0 Å². The second kappa shape index (κ2) is 2.94. The number of hydrogen-bond donors (Lipinski definition) is 1. The largest absolute Gasteiger partial charge is 3.00 e. The summed E-state index contributed by atoms with van der Waals surface area (Å²) in [5.41, 5.74) is 2.12. The molecule has 2 aromatic rings. The van der Waals surface area contributed by atoms with Crippen molar-refractivity contribution in [2.24, 2.45) is 0 Å². The third kappa shape index (κ3) is 1.10. The van der Waals surface area contributed by atoms with Gasteiger partial charge in [0.1, 0.15) is 0 Å². The molecule has 0 fully saturated rings. The fraction of sp³-hybridized carbons (Fsp3) is 0. The van der Waals surface area contributed by atoms with Crippen molar-refractivity contribution in [1.82, 2.24) is 9.97 Å². The summed E-state index contributed by atoms with van der Waals surface area (Å²) < 4.78 is 0. The zero-order valence-corrected chi connectivity index (χ0v) is 7.83. The van der Waals surface area contributed by atoms with Crippen LogP contribution >= 0.6 is 0 Å². The minimum atomic E-state index is 0. The second-order valence-corrected chi connectivity index (χ2v) is 1.92. The summed E-state index contributed by atoms with van der Waals surface area (Å²) in [4.78, 5) is 7.07. The quantitative estimate of drug-likeness (QED) is 0.617. The summed E-state index contributed by atoms with van der Waals surface area (Å²) in [6, 6.07) is 7.94. The van der Waals surface area contributed by atoms with Crippen LogP contribution in [0.4, 0.5) is 0 Å². The van der Waals surface area contributed by atoms with Gasteiger partial charge in [-0.2, -0.15) is 0 Å². The fourth-order valence-corrected chi connectivity index (χ4v) is 0.880. The molecule has 0 unspecified atom stereocenters. The number of H-pyrrole nitrogens is 1. The van der Waals surface area contributed by atoms with E-state index in [1.807, 2.05) is 24.3 Å². The molecule has 0 aliphatic rings. The monoisotopic (exact) mass is 187 g/mol. The van der Waals surface area contributed by atoms with Crippen LogP contribution in [0.1, 0.15) is 0 Å². The molecule has 2 nitrogen and oxygen atoms in total. The molecule has 1 aromatic heterocycles. The Bertz CT molecular complexity index is 286. The molecule has 1 aromatic carbocycles. The third-order valence-electron chi connectivity index (χ3n) is 1.33. The van der Waals surface area contributed by atoms with Crippen molar-refractivity contribution in [3.63, 3.8) is 0 Å². The van der Waals surface area contributed by atoms with Gasteiger partial charge in [0.25, 0.3) is 0 Å². The van der Waals surface area contributed by atoms with Gasteiger partial charge in [-0.25, -0.2) is 4.98 Å². The summed E-state index contributed by atoms with van der Waals surface area (Å²) in [7, 11) is 0. The number of aromatic nitrogens is 2. The van der Waals surface area contributed by atoms with E-state index >= 15 is 0 Å². The van der Waals surface area contributed by atoms with E-state index in [-0.39, 0.29) is 19.8 Å². The molecule has 0 aliphatic heterocycles. The van der Waals surface area contributed by atoms with E-state index in [4.69, 9.17) is 0 Å². The van der Waals surface area contributed by atoms with Crippen molar-refractivity contribution in [3.8, 4) is 0 Å². The molecule has 0 bridgehead atoms. The van der Waals surface area contributed by atoms with Crippen LogP contribution in [0, 0.1) is 0 Å². The van der Waals surface area contributed by atoms with Crippen LogP contribution in [0.5, 0.6) is 0 Å². The smallest absolute Gasteiger partial charge is 0.345 e.